The Morgan fingerprint density at radius 2 is 2.00 bits per heavy atom. The van der Waals surface area contributed by atoms with E-state index in [0.717, 1.165) is 31.6 Å². The van der Waals surface area contributed by atoms with Crippen molar-refractivity contribution >= 4 is 10.2 Å². The summed E-state index contributed by atoms with van der Waals surface area (Å²) in [7, 11) is -3.36. The number of hydrogen-bond donors (Lipinski definition) is 2. The van der Waals surface area contributed by atoms with Crippen LogP contribution in [0, 0.1) is 11.8 Å². The van der Waals surface area contributed by atoms with E-state index in [9.17, 15) is 8.42 Å². The molecule has 0 amide bonds. The highest BCUT2D eigenvalue weighted by Crippen LogP contribution is 2.30. The zero-order valence-corrected chi connectivity index (χ0v) is 14.1. The van der Waals surface area contributed by atoms with Gasteiger partial charge in [0.15, 0.2) is 0 Å². The first kappa shape index (κ1) is 17.2. The maximum absolute atomic E-state index is 12.4. The number of piperidine rings is 1. The van der Waals surface area contributed by atoms with Crippen molar-refractivity contribution in [3.63, 3.8) is 0 Å². The third kappa shape index (κ3) is 4.91. The highest BCUT2D eigenvalue weighted by atomic mass is 32.2. The first-order valence-corrected chi connectivity index (χ1v) is 9.93. The summed E-state index contributed by atoms with van der Waals surface area (Å²) >= 11 is 0. The lowest BCUT2D eigenvalue weighted by Gasteiger charge is -2.34. The van der Waals surface area contributed by atoms with Crippen molar-refractivity contribution in [1.82, 2.24) is 9.03 Å². The van der Waals surface area contributed by atoms with Crippen LogP contribution in [0.4, 0.5) is 0 Å². The maximum Gasteiger partial charge on any atom is 0.279 e. The van der Waals surface area contributed by atoms with E-state index in [-0.39, 0.29) is 6.04 Å². The van der Waals surface area contributed by atoms with Crippen LogP contribution in [-0.4, -0.2) is 38.4 Å². The molecule has 0 aromatic rings. The quantitative estimate of drug-likeness (QED) is 0.785. The fourth-order valence-corrected chi connectivity index (χ4v) is 5.32. The fraction of sp³-hybridized carbons (Fsp3) is 1.00. The Balaban J connectivity index is 1.80. The van der Waals surface area contributed by atoms with Crippen LogP contribution in [0.5, 0.6) is 0 Å². The molecule has 0 bridgehead atoms. The van der Waals surface area contributed by atoms with Gasteiger partial charge in [0.25, 0.3) is 10.2 Å². The summed E-state index contributed by atoms with van der Waals surface area (Å²) in [5.41, 5.74) is 5.72. The Hall–Kier alpha value is -0.170. The lowest BCUT2D eigenvalue weighted by Crippen LogP contribution is -2.51. The summed E-state index contributed by atoms with van der Waals surface area (Å²) in [6, 6.07) is -0.0223. The molecule has 2 fully saturated rings. The molecule has 124 valence electrons. The minimum atomic E-state index is -3.36. The molecule has 0 spiro atoms. The Labute approximate surface area is 129 Å². The maximum atomic E-state index is 12.4. The van der Waals surface area contributed by atoms with Gasteiger partial charge in [-0.3, -0.25) is 0 Å². The Kier molecular flexibility index (Phi) is 6.47. The standard InChI is InChI=1S/C15H31N3O2S/c1-13-5-4-6-14(11-13)8-9-17-21(19,20)18-10-3-2-7-15(18)12-16/h13-15,17H,2-12,16H2,1H3. The first-order valence-electron chi connectivity index (χ1n) is 8.49. The number of nitrogens with one attached hydrogen (secondary N) is 1. The summed E-state index contributed by atoms with van der Waals surface area (Å²) in [6.07, 6.45) is 8.99. The molecule has 3 unspecified atom stereocenters. The molecule has 1 aliphatic heterocycles. The average Bonchev–Trinajstić information content (AvgIpc) is 2.47. The van der Waals surface area contributed by atoms with Crippen LogP contribution in [0.3, 0.4) is 0 Å². The highest BCUT2D eigenvalue weighted by molar-refractivity contribution is 7.87. The van der Waals surface area contributed by atoms with Crippen LogP contribution in [0.1, 0.15) is 58.3 Å². The first-order chi connectivity index (χ1) is 10.0. The van der Waals surface area contributed by atoms with Crippen LogP contribution in [0.25, 0.3) is 0 Å². The molecule has 21 heavy (non-hydrogen) atoms. The second-order valence-corrected chi connectivity index (χ2v) is 8.53. The molecular weight excluding hydrogens is 286 g/mol. The summed E-state index contributed by atoms with van der Waals surface area (Å²) in [5.74, 6) is 1.48. The van der Waals surface area contributed by atoms with Crippen molar-refractivity contribution in [2.75, 3.05) is 19.6 Å². The molecule has 0 aromatic heterocycles. The number of nitrogens with two attached hydrogens (primary N) is 1. The zero-order valence-electron chi connectivity index (χ0n) is 13.3. The number of nitrogens with zero attached hydrogens (tertiary/aromatic N) is 1. The van der Waals surface area contributed by atoms with E-state index in [2.05, 4.69) is 11.6 Å². The van der Waals surface area contributed by atoms with Gasteiger partial charge in [-0.05, 0) is 37.5 Å². The third-order valence-electron chi connectivity index (χ3n) is 5.04. The van der Waals surface area contributed by atoms with Gasteiger partial charge in [-0.25, -0.2) is 4.72 Å². The van der Waals surface area contributed by atoms with Crippen molar-refractivity contribution in [3.05, 3.63) is 0 Å². The Morgan fingerprint density at radius 3 is 2.71 bits per heavy atom. The minimum absolute atomic E-state index is 0.0223. The summed E-state index contributed by atoms with van der Waals surface area (Å²) in [6.45, 7) is 3.89. The molecule has 6 heteroatoms. The fourth-order valence-electron chi connectivity index (χ4n) is 3.82. The highest BCUT2D eigenvalue weighted by Gasteiger charge is 2.31. The van der Waals surface area contributed by atoms with Crippen LogP contribution < -0.4 is 10.5 Å². The molecule has 2 rings (SSSR count). The largest absolute Gasteiger partial charge is 0.329 e. The van der Waals surface area contributed by atoms with Crippen molar-refractivity contribution < 1.29 is 8.42 Å². The van der Waals surface area contributed by atoms with Gasteiger partial charge in [-0.1, -0.05) is 32.6 Å². The Morgan fingerprint density at radius 1 is 1.19 bits per heavy atom. The van der Waals surface area contributed by atoms with E-state index < -0.39 is 10.2 Å². The van der Waals surface area contributed by atoms with E-state index in [1.54, 1.807) is 4.31 Å². The van der Waals surface area contributed by atoms with Gasteiger partial charge in [0, 0.05) is 25.7 Å². The predicted octanol–water partition coefficient (Wildman–Crippen LogP) is 1.85. The SMILES string of the molecule is CC1CCCC(CCNS(=O)(=O)N2CCCCC2CN)C1. The molecule has 0 radical (unpaired) electrons. The van der Waals surface area contributed by atoms with Crippen LogP contribution in [0.2, 0.25) is 0 Å². The molecular formula is C15H31N3O2S. The van der Waals surface area contributed by atoms with Crippen LogP contribution >= 0.6 is 0 Å². The molecule has 3 atom stereocenters. The Bertz CT molecular complexity index is 413. The average molecular weight is 317 g/mol. The second-order valence-electron chi connectivity index (χ2n) is 6.82. The van der Waals surface area contributed by atoms with Crippen LogP contribution in [-0.2, 0) is 10.2 Å². The number of hydrogen-bond acceptors (Lipinski definition) is 3. The molecule has 1 saturated heterocycles. The molecule has 5 nitrogen and oxygen atoms in total. The van der Waals surface area contributed by atoms with E-state index in [0.29, 0.717) is 25.6 Å². The molecule has 0 aromatic carbocycles. The normalized spacial score (nSPS) is 32.2. The van der Waals surface area contributed by atoms with Crippen molar-refractivity contribution in [1.29, 1.82) is 0 Å². The molecule has 1 aliphatic carbocycles. The van der Waals surface area contributed by atoms with Crippen molar-refractivity contribution in [2.45, 2.75) is 64.3 Å². The second kappa shape index (κ2) is 7.90. The van der Waals surface area contributed by atoms with Gasteiger partial charge >= 0.3 is 0 Å². The third-order valence-corrected chi connectivity index (χ3v) is 6.70. The zero-order chi connectivity index (χ0) is 15.3. The molecule has 1 heterocycles. The van der Waals surface area contributed by atoms with Crippen molar-refractivity contribution in [3.8, 4) is 0 Å². The molecule has 3 N–H and O–H groups in total. The van der Waals surface area contributed by atoms with E-state index in [4.69, 9.17) is 5.73 Å². The van der Waals surface area contributed by atoms with E-state index in [1.807, 2.05) is 0 Å². The summed E-state index contributed by atoms with van der Waals surface area (Å²) < 4.78 is 29.2. The van der Waals surface area contributed by atoms with E-state index >= 15 is 0 Å². The van der Waals surface area contributed by atoms with E-state index in [1.165, 1.54) is 25.7 Å². The predicted molar refractivity (Wildman–Crippen MR) is 86.1 cm³/mol. The van der Waals surface area contributed by atoms with Gasteiger partial charge < -0.3 is 5.73 Å². The topological polar surface area (TPSA) is 75.4 Å². The molecule has 1 saturated carbocycles. The van der Waals surface area contributed by atoms with Gasteiger partial charge in [0.1, 0.15) is 0 Å². The van der Waals surface area contributed by atoms with Crippen molar-refractivity contribution in [2.24, 2.45) is 17.6 Å². The van der Waals surface area contributed by atoms with Gasteiger partial charge in [-0.2, -0.15) is 12.7 Å². The minimum Gasteiger partial charge on any atom is -0.329 e. The number of rotatable bonds is 6. The van der Waals surface area contributed by atoms with Gasteiger partial charge in [0.05, 0.1) is 0 Å². The van der Waals surface area contributed by atoms with Gasteiger partial charge in [-0.15, -0.1) is 0 Å². The summed E-state index contributed by atoms with van der Waals surface area (Å²) in [5, 5.41) is 0. The smallest absolute Gasteiger partial charge is 0.279 e. The monoisotopic (exact) mass is 317 g/mol. The lowest BCUT2D eigenvalue weighted by molar-refractivity contribution is 0.251. The van der Waals surface area contributed by atoms with Gasteiger partial charge in [0.2, 0.25) is 0 Å². The lowest BCUT2D eigenvalue weighted by atomic mass is 9.81. The molecule has 2 aliphatic rings. The summed E-state index contributed by atoms with van der Waals surface area (Å²) in [4.78, 5) is 0. The van der Waals surface area contributed by atoms with Crippen LogP contribution in [0.15, 0.2) is 0 Å².